The first kappa shape index (κ1) is 13.2. The summed E-state index contributed by atoms with van der Waals surface area (Å²) < 4.78 is 5.36. The number of halogens is 1. The van der Waals surface area contributed by atoms with Gasteiger partial charge >= 0.3 is 0 Å². The fourth-order valence-corrected chi connectivity index (χ4v) is 2.30. The molecule has 1 aliphatic carbocycles. The van der Waals surface area contributed by atoms with Gasteiger partial charge in [-0.1, -0.05) is 17.7 Å². The summed E-state index contributed by atoms with van der Waals surface area (Å²) in [6.45, 7) is -0.0104. The van der Waals surface area contributed by atoms with Gasteiger partial charge in [-0.15, -0.1) is 0 Å². The molecule has 2 atom stereocenters. The molecule has 0 aliphatic heterocycles. The number of amides is 1. The van der Waals surface area contributed by atoms with Crippen LogP contribution in [0.4, 0.5) is 0 Å². The molecule has 2 rings (SSSR count). The Labute approximate surface area is 111 Å². The van der Waals surface area contributed by atoms with Crippen molar-refractivity contribution in [2.45, 2.75) is 31.3 Å². The molecular formula is C13H17ClN2O2. The zero-order valence-electron chi connectivity index (χ0n) is 10.1. The number of nitrogens with two attached hydrogens (primary N) is 1. The summed E-state index contributed by atoms with van der Waals surface area (Å²) in [5.41, 5.74) is 5.88. The second-order valence-electron chi connectivity index (χ2n) is 4.51. The molecule has 0 heterocycles. The summed E-state index contributed by atoms with van der Waals surface area (Å²) in [5, 5.41) is 3.48. The van der Waals surface area contributed by atoms with E-state index in [9.17, 15) is 4.79 Å². The van der Waals surface area contributed by atoms with E-state index in [1.165, 1.54) is 0 Å². The molecule has 0 radical (unpaired) electrons. The Balaban J connectivity index is 1.78. The number of carbonyl (C=O) groups is 1. The highest BCUT2D eigenvalue weighted by atomic mass is 35.5. The highest BCUT2D eigenvalue weighted by molar-refractivity contribution is 6.30. The quantitative estimate of drug-likeness (QED) is 0.874. The number of carbonyl (C=O) groups excluding carboxylic acids is 1. The Morgan fingerprint density at radius 3 is 3.00 bits per heavy atom. The molecule has 3 N–H and O–H groups in total. The van der Waals surface area contributed by atoms with Gasteiger partial charge in [0.05, 0.1) is 0 Å². The van der Waals surface area contributed by atoms with Gasteiger partial charge in [0.2, 0.25) is 0 Å². The Hall–Kier alpha value is -1.26. The van der Waals surface area contributed by atoms with Crippen LogP contribution in [0.1, 0.15) is 19.3 Å². The Kier molecular flexibility index (Phi) is 4.44. The Morgan fingerprint density at radius 1 is 1.50 bits per heavy atom. The van der Waals surface area contributed by atoms with Crippen LogP contribution in [0.25, 0.3) is 0 Å². The third-order valence-electron chi connectivity index (χ3n) is 3.08. The molecule has 1 aromatic carbocycles. The van der Waals surface area contributed by atoms with Gasteiger partial charge in [0.25, 0.3) is 5.91 Å². The molecule has 1 saturated carbocycles. The molecule has 1 aromatic rings. The first-order valence-electron chi connectivity index (χ1n) is 6.08. The topological polar surface area (TPSA) is 64.3 Å². The van der Waals surface area contributed by atoms with Crippen LogP contribution in [-0.2, 0) is 4.79 Å². The minimum Gasteiger partial charge on any atom is -0.484 e. The van der Waals surface area contributed by atoms with Crippen molar-refractivity contribution in [1.29, 1.82) is 0 Å². The lowest BCUT2D eigenvalue weighted by Crippen LogP contribution is -2.45. The van der Waals surface area contributed by atoms with Crippen molar-refractivity contribution >= 4 is 17.5 Å². The van der Waals surface area contributed by atoms with E-state index in [0.29, 0.717) is 10.8 Å². The fraction of sp³-hybridized carbons (Fsp3) is 0.462. The zero-order chi connectivity index (χ0) is 13.0. The van der Waals surface area contributed by atoms with Crippen molar-refractivity contribution in [3.63, 3.8) is 0 Å². The molecule has 0 bridgehead atoms. The summed E-state index contributed by atoms with van der Waals surface area (Å²) >= 11 is 5.82. The van der Waals surface area contributed by atoms with Gasteiger partial charge in [0, 0.05) is 17.1 Å². The molecule has 1 aliphatic rings. The number of hydrogen-bond acceptors (Lipinski definition) is 3. The van der Waals surface area contributed by atoms with E-state index in [1.807, 2.05) is 0 Å². The molecule has 1 amide bonds. The van der Waals surface area contributed by atoms with Gasteiger partial charge in [-0.2, -0.15) is 0 Å². The summed E-state index contributed by atoms with van der Waals surface area (Å²) in [4.78, 5) is 11.7. The van der Waals surface area contributed by atoms with E-state index in [-0.39, 0.29) is 24.6 Å². The molecule has 5 heteroatoms. The van der Waals surface area contributed by atoms with E-state index in [1.54, 1.807) is 24.3 Å². The molecule has 98 valence electrons. The van der Waals surface area contributed by atoms with Crippen molar-refractivity contribution in [1.82, 2.24) is 5.32 Å². The summed E-state index contributed by atoms with van der Waals surface area (Å²) in [7, 11) is 0. The maximum atomic E-state index is 11.7. The first-order chi connectivity index (χ1) is 8.65. The van der Waals surface area contributed by atoms with Crippen LogP contribution >= 0.6 is 11.6 Å². The van der Waals surface area contributed by atoms with Crippen LogP contribution in [0.15, 0.2) is 24.3 Å². The lowest BCUT2D eigenvalue weighted by molar-refractivity contribution is -0.123. The fourth-order valence-electron chi connectivity index (χ4n) is 2.12. The Bertz CT molecular complexity index is 425. The largest absolute Gasteiger partial charge is 0.484 e. The Morgan fingerprint density at radius 2 is 2.33 bits per heavy atom. The number of rotatable bonds is 4. The van der Waals surface area contributed by atoms with Crippen LogP contribution in [0.3, 0.4) is 0 Å². The van der Waals surface area contributed by atoms with Gasteiger partial charge in [0.15, 0.2) is 6.61 Å². The van der Waals surface area contributed by atoms with Crippen molar-refractivity contribution < 1.29 is 9.53 Å². The summed E-state index contributed by atoms with van der Waals surface area (Å²) in [6, 6.07) is 7.13. The molecule has 0 aromatic heterocycles. The van der Waals surface area contributed by atoms with Gasteiger partial charge < -0.3 is 15.8 Å². The van der Waals surface area contributed by atoms with E-state index in [0.717, 1.165) is 19.3 Å². The van der Waals surface area contributed by atoms with E-state index in [4.69, 9.17) is 22.1 Å². The molecule has 0 saturated heterocycles. The lowest BCUT2D eigenvalue weighted by atomic mass is 10.2. The third kappa shape index (κ3) is 3.62. The molecule has 0 spiro atoms. The minimum absolute atomic E-state index is 0.0104. The van der Waals surface area contributed by atoms with E-state index in [2.05, 4.69) is 5.32 Å². The van der Waals surface area contributed by atoms with Gasteiger partial charge in [-0.3, -0.25) is 4.79 Å². The van der Waals surface area contributed by atoms with Gasteiger partial charge in [-0.25, -0.2) is 0 Å². The average molecular weight is 269 g/mol. The second-order valence-corrected chi connectivity index (χ2v) is 4.95. The smallest absolute Gasteiger partial charge is 0.258 e. The molecule has 18 heavy (non-hydrogen) atoms. The highest BCUT2D eigenvalue weighted by Crippen LogP contribution is 2.18. The predicted molar refractivity (Wildman–Crippen MR) is 70.7 cm³/mol. The number of nitrogens with one attached hydrogen (secondary N) is 1. The van der Waals surface area contributed by atoms with Crippen molar-refractivity contribution in [2.24, 2.45) is 5.73 Å². The standard InChI is InChI=1S/C13H17ClN2O2/c14-9-3-1-4-10(7-9)18-8-13(17)16-12-6-2-5-11(12)15/h1,3-4,7,11-12H,2,5-6,8,15H2,(H,16,17). The molecule has 2 unspecified atom stereocenters. The lowest BCUT2D eigenvalue weighted by Gasteiger charge is -2.17. The van der Waals surface area contributed by atoms with Crippen molar-refractivity contribution in [3.8, 4) is 5.75 Å². The molecule has 1 fully saturated rings. The van der Waals surface area contributed by atoms with Crippen LogP contribution in [0.5, 0.6) is 5.75 Å². The maximum absolute atomic E-state index is 11.7. The van der Waals surface area contributed by atoms with Gasteiger partial charge in [-0.05, 0) is 37.5 Å². The predicted octanol–water partition coefficient (Wildman–Crippen LogP) is 1.71. The SMILES string of the molecule is NC1CCCC1NC(=O)COc1cccc(Cl)c1. The number of hydrogen-bond donors (Lipinski definition) is 2. The van der Waals surface area contributed by atoms with Crippen LogP contribution in [0, 0.1) is 0 Å². The molecule has 4 nitrogen and oxygen atoms in total. The van der Waals surface area contributed by atoms with Crippen LogP contribution in [-0.4, -0.2) is 24.6 Å². The van der Waals surface area contributed by atoms with Crippen molar-refractivity contribution in [2.75, 3.05) is 6.61 Å². The summed E-state index contributed by atoms with van der Waals surface area (Å²) in [6.07, 6.45) is 2.99. The zero-order valence-corrected chi connectivity index (χ0v) is 10.8. The summed E-state index contributed by atoms with van der Waals surface area (Å²) in [5.74, 6) is 0.450. The maximum Gasteiger partial charge on any atom is 0.258 e. The molecular weight excluding hydrogens is 252 g/mol. The average Bonchev–Trinajstić information content (AvgIpc) is 2.73. The van der Waals surface area contributed by atoms with Crippen LogP contribution in [0.2, 0.25) is 5.02 Å². The van der Waals surface area contributed by atoms with Gasteiger partial charge in [0.1, 0.15) is 5.75 Å². The minimum atomic E-state index is -0.141. The number of ether oxygens (including phenoxy) is 1. The normalized spacial score (nSPS) is 22.8. The number of benzene rings is 1. The highest BCUT2D eigenvalue weighted by Gasteiger charge is 2.25. The monoisotopic (exact) mass is 268 g/mol. The second kappa shape index (κ2) is 6.07. The van der Waals surface area contributed by atoms with Crippen LogP contribution < -0.4 is 15.8 Å². The van der Waals surface area contributed by atoms with Crippen molar-refractivity contribution in [3.05, 3.63) is 29.3 Å². The third-order valence-corrected chi connectivity index (χ3v) is 3.32. The van der Waals surface area contributed by atoms with E-state index >= 15 is 0 Å². The first-order valence-corrected chi connectivity index (χ1v) is 6.46. The van der Waals surface area contributed by atoms with E-state index < -0.39 is 0 Å².